The second-order valence-electron chi connectivity index (χ2n) is 5.85. The third kappa shape index (κ3) is 5.85. The molecule has 0 saturated heterocycles. The molecule has 0 aliphatic heterocycles. The van der Waals surface area contributed by atoms with Crippen LogP contribution in [0.4, 0.5) is 8.78 Å². The van der Waals surface area contributed by atoms with Gasteiger partial charge in [-0.25, -0.2) is 8.78 Å². The van der Waals surface area contributed by atoms with Gasteiger partial charge in [0.2, 0.25) is 0 Å². The fourth-order valence-electron chi connectivity index (χ4n) is 1.97. The molecule has 0 aliphatic rings. The summed E-state index contributed by atoms with van der Waals surface area (Å²) in [4.78, 5) is 0. The van der Waals surface area contributed by atoms with Crippen molar-refractivity contribution in [2.24, 2.45) is 0 Å². The van der Waals surface area contributed by atoms with E-state index in [0.717, 1.165) is 7.69 Å². The van der Waals surface area contributed by atoms with Crippen molar-refractivity contribution in [1.29, 1.82) is 0 Å². The molecule has 7 heteroatoms. The van der Waals surface area contributed by atoms with Crippen molar-refractivity contribution < 1.29 is 27.6 Å². The van der Waals surface area contributed by atoms with Crippen molar-refractivity contribution in [2.45, 2.75) is 39.9 Å². The van der Waals surface area contributed by atoms with Crippen molar-refractivity contribution >= 4 is 7.69 Å². The average molecular weight is 349 g/mol. The first-order valence-corrected chi connectivity index (χ1v) is 7.92. The van der Waals surface area contributed by atoms with E-state index < -0.39 is 11.6 Å². The van der Waals surface area contributed by atoms with Gasteiger partial charge in [-0.1, -0.05) is 0 Å². The van der Waals surface area contributed by atoms with Crippen LogP contribution in [0.5, 0.6) is 23.0 Å². The van der Waals surface area contributed by atoms with E-state index in [0.29, 0.717) is 11.5 Å². The summed E-state index contributed by atoms with van der Waals surface area (Å²) in [6.07, 6.45) is -0.118. The molecule has 0 saturated carbocycles. The number of halogens is 2. The lowest BCUT2D eigenvalue weighted by Gasteiger charge is -2.13. The first-order chi connectivity index (χ1) is 11.8. The molecule has 133 valence electrons. The molecule has 0 heterocycles. The molecule has 0 bridgehead atoms. The molecule has 2 aromatic carbocycles. The van der Waals surface area contributed by atoms with Crippen LogP contribution in [0.1, 0.15) is 27.7 Å². The minimum absolute atomic E-state index is 0.0590. The van der Waals surface area contributed by atoms with Crippen molar-refractivity contribution in [3.8, 4) is 23.0 Å². The lowest BCUT2D eigenvalue weighted by molar-refractivity contribution is 0.241. The molecule has 0 amide bonds. The summed E-state index contributed by atoms with van der Waals surface area (Å²) in [6.45, 7) is 7.42. The molecule has 0 N–H and O–H groups in total. The standard InChI is InChI=1S/C18H20BF2O4/c1-11(2)22-13-5-7-15(20)17(9-13)24-19-25-18-10-14(23-12(3)4)6-8-16(18)21/h5-12H,1-4H3. The number of rotatable bonds is 8. The van der Waals surface area contributed by atoms with E-state index in [1.165, 1.54) is 36.4 Å². The Kier molecular flexibility index (Phi) is 6.50. The van der Waals surface area contributed by atoms with Gasteiger partial charge in [0, 0.05) is 12.1 Å². The van der Waals surface area contributed by atoms with Crippen LogP contribution in [-0.2, 0) is 0 Å². The zero-order valence-corrected chi connectivity index (χ0v) is 14.6. The van der Waals surface area contributed by atoms with Gasteiger partial charge in [-0.05, 0) is 52.0 Å². The number of hydrogen-bond donors (Lipinski definition) is 0. The van der Waals surface area contributed by atoms with Crippen LogP contribution in [0.25, 0.3) is 0 Å². The first kappa shape index (κ1) is 18.9. The second kappa shape index (κ2) is 8.60. The summed E-state index contributed by atoms with van der Waals surface area (Å²) < 4.78 is 48.7. The van der Waals surface area contributed by atoms with Gasteiger partial charge in [0.05, 0.1) is 12.2 Å². The number of hydrogen-bond acceptors (Lipinski definition) is 4. The van der Waals surface area contributed by atoms with Gasteiger partial charge >= 0.3 is 7.69 Å². The summed E-state index contributed by atoms with van der Waals surface area (Å²) in [5.74, 6) is -0.445. The summed E-state index contributed by atoms with van der Waals surface area (Å²) in [5, 5.41) is 0. The summed E-state index contributed by atoms with van der Waals surface area (Å²) in [5.41, 5.74) is 0. The normalized spacial score (nSPS) is 10.7. The Morgan fingerprint density at radius 3 is 1.48 bits per heavy atom. The van der Waals surface area contributed by atoms with Crippen molar-refractivity contribution in [3.63, 3.8) is 0 Å². The van der Waals surface area contributed by atoms with Crippen molar-refractivity contribution in [2.75, 3.05) is 0 Å². The third-order valence-corrected chi connectivity index (χ3v) is 2.90. The highest BCUT2D eigenvalue weighted by Crippen LogP contribution is 2.26. The molecule has 0 atom stereocenters. The molecule has 1 radical (unpaired) electrons. The van der Waals surface area contributed by atoms with Crippen LogP contribution in [0.2, 0.25) is 0 Å². The summed E-state index contributed by atoms with van der Waals surface area (Å²) in [6, 6.07) is 8.22. The van der Waals surface area contributed by atoms with Gasteiger partial charge in [0.25, 0.3) is 0 Å². The van der Waals surface area contributed by atoms with Crippen LogP contribution in [0.3, 0.4) is 0 Å². The van der Waals surface area contributed by atoms with Crippen molar-refractivity contribution in [3.05, 3.63) is 48.0 Å². The van der Waals surface area contributed by atoms with E-state index in [4.69, 9.17) is 18.8 Å². The number of ether oxygens (including phenoxy) is 2. The van der Waals surface area contributed by atoms with Gasteiger partial charge in [0.1, 0.15) is 23.0 Å². The smallest absolute Gasteiger partial charge is 0.524 e. The van der Waals surface area contributed by atoms with E-state index in [9.17, 15) is 8.78 Å². The fourth-order valence-corrected chi connectivity index (χ4v) is 1.97. The fraction of sp³-hybridized carbons (Fsp3) is 0.333. The third-order valence-electron chi connectivity index (χ3n) is 2.90. The zero-order valence-electron chi connectivity index (χ0n) is 14.6. The van der Waals surface area contributed by atoms with E-state index in [-0.39, 0.29) is 23.7 Å². The molecular formula is C18H20BF2O4. The first-order valence-electron chi connectivity index (χ1n) is 7.92. The van der Waals surface area contributed by atoms with Crippen LogP contribution in [-0.4, -0.2) is 19.9 Å². The largest absolute Gasteiger partial charge is 0.658 e. The van der Waals surface area contributed by atoms with E-state index in [2.05, 4.69) is 0 Å². The van der Waals surface area contributed by atoms with Crippen LogP contribution in [0.15, 0.2) is 36.4 Å². The Bertz CT molecular complexity index is 648. The van der Waals surface area contributed by atoms with Crippen LogP contribution >= 0.6 is 0 Å². The highest BCUT2D eigenvalue weighted by molar-refractivity contribution is 6.20. The average Bonchev–Trinajstić information content (AvgIpc) is 2.52. The van der Waals surface area contributed by atoms with Crippen molar-refractivity contribution in [1.82, 2.24) is 0 Å². The second-order valence-corrected chi connectivity index (χ2v) is 5.85. The molecule has 4 nitrogen and oxygen atoms in total. The molecule has 0 spiro atoms. The summed E-state index contributed by atoms with van der Waals surface area (Å²) in [7, 11) is 0.856. The molecule has 2 rings (SSSR count). The number of benzene rings is 2. The van der Waals surface area contributed by atoms with Gasteiger partial charge in [-0.15, -0.1) is 0 Å². The Labute approximate surface area is 147 Å². The quantitative estimate of drug-likeness (QED) is 0.656. The molecule has 2 aromatic rings. The molecule has 0 aliphatic carbocycles. The topological polar surface area (TPSA) is 36.9 Å². The zero-order chi connectivity index (χ0) is 18.4. The predicted octanol–water partition coefficient (Wildman–Crippen LogP) is 4.53. The molecule has 0 aromatic heterocycles. The maximum atomic E-state index is 13.8. The van der Waals surface area contributed by atoms with Gasteiger partial charge in [-0.2, -0.15) is 0 Å². The Morgan fingerprint density at radius 2 is 1.12 bits per heavy atom. The van der Waals surface area contributed by atoms with E-state index in [1.807, 2.05) is 27.7 Å². The molecule has 25 heavy (non-hydrogen) atoms. The Hall–Kier alpha value is -2.44. The van der Waals surface area contributed by atoms with Crippen LogP contribution < -0.4 is 18.8 Å². The van der Waals surface area contributed by atoms with Gasteiger partial charge in [0.15, 0.2) is 11.6 Å². The predicted molar refractivity (Wildman–Crippen MR) is 91.3 cm³/mol. The van der Waals surface area contributed by atoms with Gasteiger partial charge in [-0.3, -0.25) is 0 Å². The SMILES string of the molecule is CC(C)Oc1ccc(F)c(O[B]Oc2cc(OC(C)C)ccc2F)c1. The maximum absolute atomic E-state index is 13.8. The minimum Gasteiger partial charge on any atom is -0.524 e. The van der Waals surface area contributed by atoms with Crippen LogP contribution in [0, 0.1) is 11.6 Å². The summed E-state index contributed by atoms with van der Waals surface area (Å²) >= 11 is 0. The highest BCUT2D eigenvalue weighted by atomic mass is 19.1. The van der Waals surface area contributed by atoms with Gasteiger partial charge < -0.3 is 18.8 Å². The Morgan fingerprint density at radius 1 is 0.720 bits per heavy atom. The monoisotopic (exact) mass is 349 g/mol. The maximum Gasteiger partial charge on any atom is 0.658 e. The van der Waals surface area contributed by atoms with E-state index >= 15 is 0 Å². The minimum atomic E-state index is -0.590. The lowest BCUT2D eigenvalue weighted by Crippen LogP contribution is -2.13. The molecule has 0 unspecified atom stereocenters. The molecular weight excluding hydrogens is 329 g/mol. The van der Waals surface area contributed by atoms with E-state index in [1.54, 1.807) is 0 Å². The molecule has 0 fully saturated rings. The highest BCUT2D eigenvalue weighted by Gasteiger charge is 2.12. The Balaban J connectivity index is 2.00. The lowest BCUT2D eigenvalue weighted by atomic mass is 10.2.